The summed E-state index contributed by atoms with van der Waals surface area (Å²) in [6, 6.07) is -1.44. The van der Waals surface area contributed by atoms with Gasteiger partial charge in [0.15, 0.2) is 10.8 Å². The monoisotopic (exact) mass is 548 g/mol. The first kappa shape index (κ1) is 28.2. The smallest absolute Gasteiger partial charge is 0.543 e. The maximum atomic E-state index is 12.8. The number of nitrogens with two attached hydrogens (primary N) is 1. The minimum atomic E-state index is -1.62. The number of rotatable bonds is 7. The van der Waals surface area contributed by atoms with E-state index < -0.39 is 46.7 Å². The van der Waals surface area contributed by atoms with Crippen LogP contribution in [0.3, 0.4) is 0 Å². The minimum Gasteiger partial charge on any atom is -0.543 e. The number of β-lactam (4-membered cyclic amide) rings is 1. The Balaban J connectivity index is 0.00000361. The van der Waals surface area contributed by atoms with E-state index in [0.717, 1.165) is 34.4 Å². The summed E-state index contributed by atoms with van der Waals surface area (Å²) < 4.78 is 5.26. The zero-order chi connectivity index (χ0) is 25.3. The standard InChI is InChI=1S/C19H22N6O8S2.Na/c20-18-21-10(7-35-18)11(23-32)14(27)22-12-15(28)25-13(17(29)30)8(6-34-16(12)25)5-33-19(31)24-3-1-2-9(24)4-26;/h7,9,12,16,26,32H,1-6H2,(H2,20,21)(H,22,27)(H,29,30);/q;+1/p-1/b23-11+;/t9-,12?,16+;/m0./s1. The number of carbonyl (C=O) groups is 4. The molecule has 1 aromatic rings. The molecule has 0 aliphatic carbocycles. The Kier molecular flexibility index (Phi) is 9.23. The van der Waals surface area contributed by atoms with Gasteiger partial charge < -0.3 is 40.9 Å². The van der Waals surface area contributed by atoms with Crippen LogP contribution in [0.5, 0.6) is 0 Å². The molecule has 0 bridgehead atoms. The summed E-state index contributed by atoms with van der Waals surface area (Å²) in [5.41, 5.74) is 4.86. The number of oxime groups is 1. The maximum absolute atomic E-state index is 12.8. The molecule has 3 aliphatic heterocycles. The summed E-state index contributed by atoms with van der Waals surface area (Å²) in [4.78, 5) is 55.8. The van der Waals surface area contributed by atoms with Crippen LogP contribution in [0.2, 0.25) is 0 Å². The Bertz CT molecular complexity index is 1130. The van der Waals surface area contributed by atoms with Crippen LogP contribution in [0.15, 0.2) is 21.8 Å². The third-order valence-corrected chi connectivity index (χ3v) is 7.81. The topological polar surface area (TPSA) is 211 Å². The molecule has 1 unspecified atom stereocenters. The quantitative estimate of drug-likeness (QED) is 0.0832. The van der Waals surface area contributed by atoms with Crippen molar-refractivity contribution in [1.29, 1.82) is 0 Å². The van der Waals surface area contributed by atoms with Gasteiger partial charge in [-0.1, -0.05) is 5.16 Å². The normalized spacial score (nSPS) is 23.5. The number of hydrogen-bond acceptors (Lipinski definition) is 13. The number of carbonyl (C=O) groups excluding carboxylic acids is 4. The van der Waals surface area contributed by atoms with Crippen molar-refractivity contribution >= 4 is 57.8 Å². The number of likely N-dealkylation sites (tertiary alicyclic amines) is 1. The third-order valence-electron chi connectivity index (χ3n) is 5.80. The zero-order valence-corrected chi connectivity index (χ0v) is 22.7. The Labute approximate surface area is 234 Å². The van der Waals surface area contributed by atoms with Crippen LogP contribution < -0.4 is 45.7 Å². The van der Waals surface area contributed by atoms with E-state index in [1.807, 2.05) is 0 Å². The van der Waals surface area contributed by atoms with Gasteiger partial charge in [-0.3, -0.25) is 14.5 Å². The first-order valence-electron chi connectivity index (χ1n) is 10.4. The van der Waals surface area contributed by atoms with Gasteiger partial charge in [0.05, 0.1) is 24.3 Å². The Morgan fingerprint density at radius 2 is 2.14 bits per heavy atom. The Morgan fingerprint density at radius 3 is 2.75 bits per heavy atom. The molecule has 17 heteroatoms. The number of aliphatic hydroxyl groups is 1. The van der Waals surface area contributed by atoms with E-state index in [0.29, 0.717) is 13.0 Å². The minimum absolute atomic E-state index is 0. The summed E-state index contributed by atoms with van der Waals surface area (Å²) in [7, 11) is 0. The molecule has 14 nitrogen and oxygen atoms in total. The van der Waals surface area contributed by atoms with Crippen molar-refractivity contribution < 1.29 is 68.9 Å². The number of carboxylic acid groups (broad SMARTS) is 1. The number of fused-ring (bicyclic) bond motifs is 1. The molecule has 3 aliphatic rings. The number of nitrogen functional groups attached to an aromatic ring is 1. The van der Waals surface area contributed by atoms with Crippen LogP contribution in [0, 0.1) is 0 Å². The molecule has 3 atom stereocenters. The van der Waals surface area contributed by atoms with Crippen LogP contribution in [0.25, 0.3) is 0 Å². The van der Waals surface area contributed by atoms with E-state index in [1.165, 1.54) is 10.3 Å². The SMILES string of the molecule is Nc1nc(/C(=N\O)C(=O)NC2C(=O)N3C(C(=O)[O-])=C(COC(=O)N4CCC[C@H]4CO)CS[C@H]23)cs1.[Na+]. The average molecular weight is 549 g/mol. The number of hydrogen-bond donors (Lipinski definition) is 4. The van der Waals surface area contributed by atoms with E-state index >= 15 is 0 Å². The third kappa shape index (κ3) is 5.33. The molecule has 0 saturated carbocycles. The average Bonchev–Trinajstić information content (AvgIpc) is 3.49. The molecule has 4 rings (SSSR count). The van der Waals surface area contributed by atoms with Gasteiger partial charge in [-0.05, 0) is 12.8 Å². The summed E-state index contributed by atoms with van der Waals surface area (Å²) >= 11 is 2.19. The second-order valence-corrected chi connectivity index (χ2v) is 9.84. The molecule has 0 radical (unpaired) electrons. The molecule has 5 N–H and O–H groups in total. The van der Waals surface area contributed by atoms with Crippen molar-refractivity contribution in [1.82, 2.24) is 20.1 Å². The number of amides is 3. The number of carboxylic acids is 1. The van der Waals surface area contributed by atoms with E-state index in [9.17, 15) is 34.6 Å². The summed E-state index contributed by atoms with van der Waals surface area (Å²) in [5, 5.41) is 36.6. The zero-order valence-electron chi connectivity index (χ0n) is 19.1. The van der Waals surface area contributed by atoms with Crippen molar-refractivity contribution in [2.24, 2.45) is 5.16 Å². The molecule has 4 heterocycles. The maximum Gasteiger partial charge on any atom is 1.00 e. The fraction of sp³-hybridized carbons (Fsp3) is 0.474. The van der Waals surface area contributed by atoms with E-state index in [1.54, 1.807) is 0 Å². The number of nitrogens with one attached hydrogen (secondary N) is 1. The fourth-order valence-electron chi connectivity index (χ4n) is 4.10. The van der Waals surface area contributed by atoms with E-state index in [-0.39, 0.29) is 71.0 Å². The molecule has 0 aromatic carbocycles. The number of thioether (sulfide) groups is 1. The molecule has 36 heavy (non-hydrogen) atoms. The van der Waals surface area contributed by atoms with Gasteiger partial charge in [0.2, 0.25) is 0 Å². The van der Waals surface area contributed by atoms with Crippen molar-refractivity contribution in [3.05, 3.63) is 22.3 Å². The molecule has 188 valence electrons. The number of anilines is 1. The van der Waals surface area contributed by atoms with Crippen LogP contribution in [-0.4, -0.2) is 97.7 Å². The number of aliphatic hydroxyl groups excluding tert-OH is 1. The van der Waals surface area contributed by atoms with Gasteiger partial charge in [0, 0.05) is 23.3 Å². The number of aromatic nitrogens is 1. The van der Waals surface area contributed by atoms with E-state index in [2.05, 4.69) is 15.5 Å². The van der Waals surface area contributed by atoms with Crippen molar-refractivity contribution in [2.45, 2.75) is 30.3 Å². The molecular formula is C19H21N6NaO8S2. The van der Waals surface area contributed by atoms with Crippen LogP contribution >= 0.6 is 23.1 Å². The molecular weight excluding hydrogens is 527 g/mol. The molecule has 0 spiro atoms. The van der Waals surface area contributed by atoms with Gasteiger partial charge in [-0.15, -0.1) is 23.1 Å². The van der Waals surface area contributed by atoms with Crippen molar-refractivity contribution in [2.75, 3.05) is 31.2 Å². The van der Waals surface area contributed by atoms with Gasteiger partial charge in [0.25, 0.3) is 11.8 Å². The largest absolute Gasteiger partial charge is 1.00 e. The second-order valence-electron chi connectivity index (χ2n) is 7.85. The summed E-state index contributed by atoms with van der Waals surface area (Å²) in [5.74, 6) is -3.12. The van der Waals surface area contributed by atoms with Crippen LogP contribution in [-0.2, 0) is 19.1 Å². The predicted octanol–water partition coefficient (Wildman–Crippen LogP) is -5.10. The molecule has 2 fully saturated rings. The van der Waals surface area contributed by atoms with Gasteiger partial charge >= 0.3 is 35.7 Å². The molecule has 1 aromatic heterocycles. The Morgan fingerprint density at radius 1 is 1.39 bits per heavy atom. The molecule has 3 amide bonds. The number of nitrogens with zero attached hydrogens (tertiary/aromatic N) is 4. The fourth-order valence-corrected chi connectivity index (χ4v) is 5.97. The number of ether oxygens (including phenoxy) is 1. The van der Waals surface area contributed by atoms with Gasteiger partial charge in [-0.2, -0.15) is 0 Å². The van der Waals surface area contributed by atoms with Gasteiger partial charge in [-0.25, -0.2) is 9.78 Å². The summed E-state index contributed by atoms with van der Waals surface area (Å²) in [6.07, 6.45) is 0.681. The van der Waals surface area contributed by atoms with Crippen molar-refractivity contribution in [3.8, 4) is 0 Å². The second kappa shape index (κ2) is 11.8. The molecule has 2 saturated heterocycles. The van der Waals surface area contributed by atoms with Crippen molar-refractivity contribution in [3.63, 3.8) is 0 Å². The van der Waals surface area contributed by atoms with E-state index in [4.69, 9.17) is 10.5 Å². The summed E-state index contributed by atoms with van der Waals surface area (Å²) in [6.45, 7) is -0.149. The van der Waals surface area contributed by atoms with Gasteiger partial charge in [0.1, 0.15) is 23.7 Å². The predicted molar refractivity (Wildman–Crippen MR) is 120 cm³/mol. The number of thiazole rings is 1. The van der Waals surface area contributed by atoms with Crippen LogP contribution in [0.4, 0.5) is 9.93 Å². The van der Waals surface area contributed by atoms with Crippen LogP contribution in [0.1, 0.15) is 18.5 Å². The first-order valence-corrected chi connectivity index (χ1v) is 12.4. The Hall–Kier alpha value is -2.37. The number of aliphatic carboxylic acids is 1. The first-order chi connectivity index (χ1) is 16.8.